The summed E-state index contributed by atoms with van der Waals surface area (Å²) < 4.78 is 13.3. The summed E-state index contributed by atoms with van der Waals surface area (Å²) in [6.45, 7) is 8.13. The van der Waals surface area contributed by atoms with Crippen LogP contribution in [0, 0.1) is 11.8 Å². The summed E-state index contributed by atoms with van der Waals surface area (Å²) in [7, 11) is 3.34. The molecule has 1 saturated heterocycles. The Morgan fingerprint density at radius 3 is 2.46 bits per heavy atom. The molecule has 3 amide bonds. The van der Waals surface area contributed by atoms with Crippen molar-refractivity contribution in [2.75, 3.05) is 32.1 Å². The molecule has 1 saturated carbocycles. The fourth-order valence-electron chi connectivity index (χ4n) is 8.45. The number of pyridine rings is 2. The van der Waals surface area contributed by atoms with Crippen LogP contribution < -0.4 is 15.4 Å². The number of ether oxygens (including phenoxy) is 2. The van der Waals surface area contributed by atoms with Crippen LogP contribution in [0.3, 0.4) is 0 Å². The van der Waals surface area contributed by atoms with Crippen LogP contribution in [-0.2, 0) is 40.9 Å². The third-order valence-electron chi connectivity index (χ3n) is 11.6. The maximum atomic E-state index is 13.8. The molecule has 5 heterocycles. The summed E-state index contributed by atoms with van der Waals surface area (Å²) in [5.74, 6) is -0.382. The lowest BCUT2D eigenvalue weighted by Gasteiger charge is -2.33. The van der Waals surface area contributed by atoms with Crippen molar-refractivity contribution in [2.24, 2.45) is 18.9 Å². The average Bonchev–Trinajstić information content (AvgIpc) is 3.79. The Hall–Kier alpha value is -5.25. The van der Waals surface area contributed by atoms with Crippen LogP contribution in [0.25, 0.3) is 22.5 Å². The summed E-state index contributed by atoms with van der Waals surface area (Å²) >= 11 is 14.1. The normalized spacial score (nSPS) is 19.2. The Morgan fingerprint density at radius 2 is 1.77 bits per heavy atom. The molecule has 4 aromatic rings. The standard InChI is InChI=1S/C44H52Cl2N8O7/c1-44(2,3)61-43(59)54(23-28-14-16-35(55)48-28)22-27-13-15-31(51-41(27)60-5)29-17-19-47-38(37(29)46)30-7-6-8-32(36(30)45)50-40(56)39-49-33-24-53(20-18-34(33)52(39)4)21-25-9-11-26(12-10-25)42(57)58/h6-8,13,15,17,19,25-26,28H,9-12,14,16,18,20-24H2,1-5H3,(H,48,55)(H,50,56)(H,57,58)/t25?,26?,28-/m0/s1. The topological polar surface area (TPSA) is 181 Å². The number of benzene rings is 1. The van der Waals surface area contributed by atoms with Crippen molar-refractivity contribution >= 4 is 52.8 Å². The molecule has 2 aliphatic heterocycles. The Morgan fingerprint density at radius 1 is 1.00 bits per heavy atom. The number of hydrogen-bond donors (Lipinski definition) is 3. The van der Waals surface area contributed by atoms with Gasteiger partial charge < -0.3 is 34.7 Å². The summed E-state index contributed by atoms with van der Waals surface area (Å²) in [4.78, 5) is 68.4. The van der Waals surface area contributed by atoms with E-state index in [-0.39, 0.29) is 52.7 Å². The SMILES string of the molecule is COc1nc(-c2ccnc(-c3cccc(NC(=O)c4nc5c(n4C)CCN(CC4CCC(C(=O)O)CC4)C5)c3Cl)c2Cl)ccc1CN(C[C@@H]1CCC(=O)N1)C(=O)OC(C)(C)C. The van der Waals surface area contributed by atoms with Gasteiger partial charge in [0.25, 0.3) is 5.91 Å². The van der Waals surface area contributed by atoms with Gasteiger partial charge in [0.2, 0.25) is 11.8 Å². The van der Waals surface area contributed by atoms with Gasteiger partial charge in [0.1, 0.15) is 5.60 Å². The summed E-state index contributed by atoms with van der Waals surface area (Å²) in [5.41, 5.74) is 4.07. The van der Waals surface area contributed by atoms with E-state index in [9.17, 15) is 24.3 Å². The zero-order chi connectivity index (χ0) is 43.6. The number of amides is 3. The number of aromatic nitrogens is 4. The van der Waals surface area contributed by atoms with Crippen LogP contribution in [0.1, 0.15) is 86.9 Å². The number of fused-ring (bicyclic) bond motifs is 1. The van der Waals surface area contributed by atoms with E-state index in [1.165, 1.54) is 7.11 Å². The molecule has 7 rings (SSSR count). The quantitative estimate of drug-likeness (QED) is 0.129. The van der Waals surface area contributed by atoms with E-state index in [4.69, 9.17) is 42.6 Å². The highest BCUT2D eigenvalue weighted by atomic mass is 35.5. The number of anilines is 1. The third kappa shape index (κ3) is 10.1. The molecule has 15 nitrogen and oxygen atoms in total. The van der Waals surface area contributed by atoms with E-state index in [2.05, 4.69) is 20.5 Å². The second-order valence-electron chi connectivity index (χ2n) is 17.1. The van der Waals surface area contributed by atoms with Crippen molar-refractivity contribution in [1.82, 2.24) is 34.6 Å². The lowest BCUT2D eigenvalue weighted by atomic mass is 9.81. The number of nitrogens with zero attached hydrogens (tertiary/aromatic N) is 6. The smallest absolute Gasteiger partial charge is 0.410 e. The predicted octanol–water partition coefficient (Wildman–Crippen LogP) is 7.38. The van der Waals surface area contributed by atoms with Crippen LogP contribution in [0.15, 0.2) is 42.6 Å². The number of carboxylic acids is 1. The average molecular weight is 876 g/mol. The van der Waals surface area contributed by atoms with Gasteiger partial charge in [-0.3, -0.25) is 24.3 Å². The number of carbonyl (C=O) groups is 4. The first kappa shape index (κ1) is 43.8. The van der Waals surface area contributed by atoms with Gasteiger partial charge in [-0.2, -0.15) is 0 Å². The maximum absolute atomic E-state index is 13.8. The van der Waals surface area contributed by atoms with Gasteiger partial charge in [-0.1, -0.05) is 35.3 Å². The number of nitrogens with one attached hydrogen (secondary N) is 2. The zero-order valence-electron chi connectivity index (χ0n) is 35.1. The van der Waals surface area contributed by atoms with Crippen LogP contribution in [0.4, 0.5) is 10.5 Å². The molecule has 0 radical (unpaired) electrons. The number of imidazole rings is 1. The molecular weight excluding hydrogens is 823 g/mol. The minimum Gasteiger partial charge on any atom is -0.481 e. The molecule has 3 N–H and O–H groups in total. The second-order valence-corrected chi connectivity index (χ2v) is 17.9. The first-order valence-corrected chi connectivity index (χ1v) is 21.4. The van der Waals surface area contributed by atoms with E-state index < -0.39 is 23.6 Å². The predicted molar refractivity (Wildman–Crippen MR) is 231 cm³/mol. The van der Waals surface area contributed by atoms with Crippen LogP contribution >= 0.6 is 23.2 Å². The van der Waals surface area contributed by atoms with Crippen LogP contribution in [0.2, 0.25) is 10.0 Å². The molecule has 1 atom stereocenters. The molecular formula is C44H52Cl2N8O7. The van der Waals surface area contributed by atoms with E-state index >= 15 is 0 Å². The molecule has 0 unspecified atom stereocenters. The number of methoxy groups -OCH3 is 1. The highest BCUT2D eigenvalue weighted by molar-refractivity contribution is 6.39. The third-order valence-corrected chi connectivity index (χ3v) is 12.4. The molecule has 61 heavy (non-hydrogen) atoms. The van der Waals surface area contributed by atoms with Crippen molar-refractivity contribution < 1.29 is 33.8 Å². The molecule has 1 aliphatic carbocycles. The van der Waals surface area contributed by atoms with Gasteiger partial charge in [-0.25, -0.2) is 14.8 Å². The second kappa shape index (κ2) is 18.4. The van der Waals surface area contributed by atoms with E-state index in [1.807, 2.05) is 17.7 Å². The molecule has 3 aliphatic rings. The summed E-state index contributed by atoms with van der Waals surface area (Å²) in [6.07, 6.45) is 6.09. The Labute approximate surface area is 365 Å². The maximum Gasteiger partial charge on any atom is 0.410 e. The summed E-state index contributed by atoms with van der Waals surface area (Å²) in [5, 5.41) is 15.8. The van der Waals surface area contributed by atoms with E-state index in [0.29, 0.717) is 59.1 Å². The molecule has 0 spiro atoms. The van der Waals surface area contributed by atoms with Gasteiger partial charge in [0, 0.05) is 80.7 Å². The largest absolute Gasteiger partial charge is 0.481 e. The first-order chi connectivity index (χ1) is 29.1. The van der Waals surface area contributed by atoms with Gasteiger partial charge in [-0.15, -0.1) is 0 Å². The van der Waals surface area contributed by atoms with E-state index in [0.717, 1.165) is 56.6 Å². The number of rotatable bonds is 12. The van der Waals surface area contributed by atoms with Gasteiger partial charge in [0.15, 0.2) is 5.82 Å². The lowest BCUT2D eigenvalue weighted by molar-refractivity contribution is -0.143. The molecule has 324 valence electrons. The van der Waals surface area contributed by atoms with Crippen LogP contribution in [0.5, 0.6) is 5.88 Å². The van der Waals surface area contributed by atoms with Crippen molar-refractivity contribution in [3.8, 4) is 28.4 Å². The molecule has 3 aromatic heterocycles. The molecule has 0 bridgehead atoms. The number of halogens is 2. The minimum absolute atomic E-state index is 0.0497. The zero-order valence-corrected chi connectivity index (χ0v) is 36.6. The molecule has 17 heteroatoms. The van der Waals surface area contributed by atoms with Gasteiger partial charge in [-0.05, 0) is 83.1 Å². The van der Waals surface area contributed by atoms with Crippen molar-refractivity contribution in [1.29, 1.82) is 0 Å². The number of hydrogen-bond acceptors (Lipinski definition) is 10. The highest BCUT2D eigenvalue weighted by Gasteiger charge is 2.32. The van der Waals surface area contributed by atoms with Crippen molar-refractivity contribution in [3.63, 3.8) is 0 Å². The van der Waals surface area contributed by atoms with E-state index in [1.54, 1.807) is 62.2 Å². The fraction of sp³-hybridized carbons (Fsp3) is 0.477. The molecule has 2 fully saturated rings. The fourth-order valence-corrected chi connectivity index (χ4v) is 9.02. The monoisotopic (exact) mass is 874 g/mol. The number of aliphatic carboxylic acids is 1. The first-order valence-electron chi connectivity index (χ1n) is 20.6. The Balaban J connectivity index is 1.06. The van der Waals surface area contributed by atoms with Gasteiger partial charge in [0.05, 0.1) is 52.4 Å². The number of carboxylic acid groups (broad SMARTS) is 1. The van der Waals surface area contributed by atoms with Crippen molar-refractivity contribution in [2.45, 2.75) is 90.4 Å². The molecule has 1 aromatic carbocycles. The van der Waals surface area contributed by atoms with Gasteiger partial charge >= 0.3 is 12.1 Å². The van der Waals surface area contributed by atoms with Crippen molar-refractivity contribution in [3.05, 3.63) is 75.4 Å². The minimum atomic E-state index is -0.722. The Bertz CT molecular complexity index is 2320. The highest BCUT2D eigenvalue weighted by Crippen LogP contribution is 2.40. The lowest BCUT2D eigenvalue weighted by Crippen LogP contribution is -2.43. The number of carbonyl (C=O) groups excluding carboxylic acids is 3. The Kier molecular flexibility index (Phi) is 13.2. The summed E-state index contributed by atoms with van der Waals surface area (Å²) in [6, 6.07) is 10.4. The van der Waals surface area contributed by atoms with Crippen LogP contribution in [-0.4, -0.2) is 96.7 Å².